The van der Waals surface area contributed by atoms with Gasteiger partial charge in [-0.15, -0.1) is 0 Å². The van der Waals surface area contributed by atoms with Gasteiger partial charge in [-0.1, -0.05) is 56.7 Å². The Morgan fingerprint density at radius 2 is 1.37 bits per heavy atom. The van der Waals surface area contributed by atoms with Crippen molar-refractivity contribution in [1.82, 2.24) is 0 Å². The lowest BCUT2D eigenvalue weighted by atomic mass is 10.0. The molecule has 41 heavy (non-hydrogen) atoms. The summed E-state index contributed by atoms with van der Waals surface area (Å²) in [6.45, 7) is 5.53. The molecule has 3 rings (SSSR count). The molecule has 0 radical (unpaired) electrons. The van der Waals surface area contributed by atoms with Crippen molar-refractivity contribution < 1.29 is 41.7 Å². The third-order valence-corrected chi connectivity index (χ3v) is 6.02. The molecule has 0 aliphatic heterocycles. The van der Waals surface area contributed by atoms with Crippen molar-refractivity contribution in [2.45, 2.75) is 44.9 Å². The fraction of sp³-hybridized carbons (Fsp3) is 0.312. The van der Waals surface area contributed by atoms with E-state index in [1.54, 1.807) is 30.3 Å². The van der Waals surface area contributed by atoms with Gasteiger partial charge in [-0.2, -0.15) is 13.2 Å². The first-order valence-electron chi connectivity index (χ1n) is 13.3. The van der Waals surface area contributed by atoms with Gasteiger partial charge < -0.3 is 18.9 Å². The molecule has 0 saturated carbocycles. The summed E-state index contributed by atoms with van der Waals surface area (Å²) in [7, 11) is 0. The summed E-state index contributed by atoms with van der Waals surface area (Å²) < 4.78 is 60.4. The van der Waals surface area contributed by atoms with Crippen LogP contribution in [-0.2, 0) is 9.47 Å². The minimum Gasteiger partial charge on any atom is -0.490 e. The summed E-state index contributed by atoms with van der Waals surface area (Å²) >= 11 is 0. The Kier molecular flexibility index (Phi) is 12.0. The highest BCUT2D eigenvalue weighted by Crippen LogP contribution is 2.26. The number of carbonyl (C=O) groups is 2. The molecule has 218 valence electrons. The van der Waals surface area contributed by atoms with Crippen LogP contribution in [0.5, 0.6) is 11.5 Å². The van der Waals surface area contributed by atoms with Gasteiger partial charge in [0.15, 0.2) is 6.10 Å². The topological polar surface area (TPSA) is 71.1 Å². The molecule has 0 saturated heterocycles. The van der Waals surface area contributed by atoms with Crippen LogP contribution in [0.15, 0.2) is 85.5 Å². The van der Waals surface area contributed by atoms with Crippen LogP contribution in [0, 0.1) is 0 Å². The highest BCUT2D eigenvalue weighted by atomic mass is 19.4. The maximum Gasteiger partial charge on any atom is 0.414 e. The van der Waals surface area contributed by atoms with E-state index in [9.17, 15) is 22.8 Å². The van der Waals surface area contributed by atoms with Crippen molar-refractivity contribution in [2.75, 3.05) is 19.8 Å². The van der Waals surface area contributed by atoms with Gasteiger partial charge >= 0.3 is 18.1 Å². The highest BCUT2D eigenvalue weighted by Gasteiger charge is 2.40. The number of rotatable bonds is 15. The van der Waals surface area contributed by atoms with E-state index in [2.05, 4.69) is 6.58 Å². The van der Waals surface area contributed by atoms with E-state index < -0.39 is 37.2 Å². The van der Waals surface area contributed by atoms with Gasteiger partial charge in [-0.05, 0) is 66.1 Å². The summed E-state index contributed by atoms with van der Waals surface area (Å²) in [4.78, 5) is 24.9. The van der Waals surface area contributed by atoms with Gasteiger partial charge in [-0.3, -0.25) is 0 Å². The van der Waals surface area contributed by atoms with Crippen LogP contribution in [-0.4, -0.2) is 44.0 Å². The number of esters is 2. The standard InChI is InChI=1S/C32H33F3O6/c1-3-5-6-21-39-29(32(33,34)35)19-22-40-30(36)25-13-17-28(18-14-25)41-31(37)26-9-7-23(8-10-26)24-11-15-27(16-12-24)38-20-4-2/h4,7-18,29H,2-3,5-6,19-22H2,1H3. The van der Waals surface area contributed by atoms with Crippen molar-refractivity contribution in [1.29, 1.82) is 0 Å². The van der Waals surface area contributed by atoms with Crippen LogP contribution < -0.4 is 9.47 Å². The maximum absolute atomic E-state index is 13.2. The zero-order valence-corrected chi connectivity index (χ0v) is 22.8. The van der Waals surface area contributed by atoms with Gasteiger partial charge in [0, 0.05) is 13.0 Å². The second kappa shape index (κ2) is 15.6. The number of carbonyl (C=O) groups excluding carboxylic acids is 2. The molecule has 0 amide bonds. The number of ether oxygens (including phenoxy) is 4. The molecule has 0 heterocycles. The fourth-order valence-electron chi connectivity index (χ4n) is 3.78. The van der Waals surface area contributed by atoms with Gasteiger partial charge in [0.25, 0.3) is 0 Å². The first-order chi connectivity index (χ1) is 19.7. The van der Waals surface area contributed by atoms with Gasteiger partial charge in [0.05, 0.1) is 17.7 Å². The Balaban J connectivity index is 1.49. The van der Waals surface area contributed by atoms with Crippen molar-refractivity contribution in [3.8, 4) is 22.6 Å². The smallest absolute Gasteiger partial charge is 0.414 e. The summed E-state index contributed by atoms with van der Waals surface area (Å²) in [5, 5.41) is 0. The first-order valence-corrected chi connectivity index (χ1v) is 13.3. The van der Waals surface area contributed by atoms with E-state index in [0.29, 0.717) is 18.6 Å². The van der Waals surface area contributed by atoms with E-state index >= 15 is 0 Å². The first kappa shape index (κ1) is 31.4. The third kappa shape index (κ3) is 10.1. The SMILES string of the molecule is C=CCOc1ccc(-c2ccc(C(=O)Oc3ccc(C(=O)OCCC(OCCCCC)C(F)(F)F)cc3)cc2)cc1. The van der Waals surface area contributed by atoms with Crippen molar-refractivity contribution in [2.24, 2.45) is 0 Å². The Bertz CT molecular complexity index is 1250. The minimum absolute atomic E-state index is 0.00335. The lowest BCUT2D eigenvalue weighted by Gasteiger charge is -2.20. The highest BCUT2D eigenvalue weighted by molar-refractivity contribution is 5.92. The maximum atomic E-state index is 13.2. The van der Waals surface area contributed by atoms with Gasteiger partial charge in [-0.25, -0.2) is 9.59 Å². The average Bonchev–Trinajstić information content (AvgIpc) is 2.97. The van der Waals surface area contributed by atoms with Crippen LogP contribution in [0.2, 0.25) is 0 Å². The second-order valence-corrected chi connectivity index (χ2v) is 9.15. The molecule has 1 atom stereocenters. The van der Waals surface area contributed by atoms with Gasteiger partial charge in [0.1, 0.15) is 18.1 Å². The molecule has 0 fully saturated rings. The monoisotopic (exact) mass is 570 g/mol. The van der Waals surface area contributed by atoms with E-state index in [-0.39, 0.29) is 17.9 Å². The molecule has 0 bridgehead atoms. The second-order valence-electron chi connectivity index (χ2n) is 9.15. The molecule has 0 aromatic heterocycles. The molecule has 6 nitrogen and oxygen atoms in total. The molecule has 1 unspecified atom stereocenters. The lowest BCUT2D eigenvalue weighted by molar-refractivity contribution is -0.224. The van der Waals surface area contributed by atoms with Crippen LogP contribution >= 0.6 is 0 Å². The minimum atomic E-state index is -4.54. The number of alkyl halides is 3. The number of hydrogen-bond donors (Lipinski definition) is 0. The molecular weight excluding hydrogens is 537 g/mol. The molecule has 3 aromatic carbocycles. The molecule has 3 aromatic rings. The summed E-state index contributed by atoms with van der Waals surface area (Å²) in [5.41, 5.74) is 2.30. The summed E-state index contributed by atoms with van der Waals surface area (Å²) in [5.74, 6) is -0.447. The van der Waals surface area contributed by atoms with E-state index in [1.165, 1.54) is 24.3 Å². The third-order valence-electron chi connectivity index (χ3n) is 6.02. The zero-order valence-electron chi connectivity index (χ0n) is 22.8. The zero-order chi connectivity index (χ0) is 29.7. The van der Waals surface area contributed by atoms with Crippen LogP contribution in [0.25, 0.3) is 11.1 Å². The van der Waals surface area contributed by atoms with E-state index in [4.69, 9.17) is 18.9 Å². The lowest BCUT2D eigenvalue weighted by Crippen LogP contribution is -2.33. The molecule has 0 aliphatic carbocycles. The Labute approximate surface area is 237 Å². The number of halogens is 3. The quantitative estimate of drug-likeness (QED) is 0.0803. The van der Waals surface area contributed by atoms with E-state index in [0.717, 1.165) is 29.7 Å². The number of unbranched alkanes of at least 4 members (excludes halogenated alkanes) is 2. The van der Waals surface area contributed by atoms with E-state index in [1.807, 2.05) is 31.2 Å². The van der Waals surface area contributed by atoms with Crippen LogP contribution in [0.3, 0.4) is 0 Å². The van der Waals surface area contributed by atoms with Crippen LogP contribution in [0.4, 0.5) is 13.2 Å². The van der Waals surface area contributed by atoms with Gasteiger partial charge in [0.2, 0.25) is 0 Å². The average molecular weight is 571 g/mol. The number of hydrogen-bond acceptors (Lipinski definition) is 6. The molecule has 0 aliphatic rings. The predicted octanol–water partition coefficient (Wildman–Crippen LogP) is 7.82. The van der Waals surface area contributed by atoms with Crippen LogP contribution in [0.1, 0.15) is 53.3 Å². The molecule has 0 spiro atoms. The predicted molar refractivity (Wildman–Crippen MR) is 149 cm³/mol. The molecule has 0 N–H and O–H groups in total. The Morgan fingerprint density at radius 3 is 1.95 bits per heavy atom. The normalized spacial score (nSPS) is 11.9. The molecule has 9 heteroatoms. The summed E-state index contributed by atoms with van der Waals surface area (Å²) in [6, 6.07) is 20.0. The Hall–Kier alpha value is -4.11. The van der Waals surface area contributed by atoms with Crippen molar-refractivity contribution in [3.63, 3.8) is 0 Å². The Morgan fingerprint density at radius 1 is 0.805 bits per heavy atom. The molecular formula is C32H33F3O6. The largest absolute Gasteiger partial charge is 0.490 e. The fourth-order valence-corrected chi connectivity index (χ4v) is 3.78. The van der Waals surface area contributed by atoms with Crippen molar-refractivity contribution >= 4 is 11.9 Å². The van der Waals surface area contributed by atoms with Crippen molar-refractivity contribution in [3.05, 3.63) is 96.6 Å². The summed E-state index contributed by atoms with van der Waals surface area (Å²) in [6.07, 6.45) is -3.19. The number of benzene rings is 3.